The van der Waals surface area contributed by atoms with E-state index in [1.807, 2.05) is 34.9 Å². The highest BCUT2D eigenvalue weighted by Crippen LogP contribution is 2.48. The van der Waals surface area contributed by atoms with E-state index >= 15 is 0 Å². The molecule has 1 saturated heterocycles. The molecular weight excluding hydrogens is 342 g/mol. The Morgan fingerprint density at radius 3 is 2.41 bits per heavy atom. The second-order valence-corrected chi connectivity index (χ2v) is 7.98. The van der Waals surface area contributed by atoms with Gasteiger partial charge in [-0.25, -0.2) is 0 Å². The van der Waals surface area contributed by atoms with E-state index in [2.05, 4.69) is 0 Å². The van der Waals surface area contributed by atoms with Gasteiger partial charge in [-0.1, -0.05) is 12.1 Å². The summed E-state index contributed by atoms with van der Waals surface area (Å²) in [6.45, 7) is 4.72. The predicted octanol–water partition coefficient (Wildman–Crippen LogP) is 1.74. The Labute approximate surface area is 160 Å². The lowest BCUT2D eigenvalue weighted by atomic mass is 9.84. The van der Waals surface area contributed by atoms with Gasteiger partial charge in [-0.05, 0) is 50.2 Å². The fraction of sp³-hybridized carbons (Fsp3) is 0.619. The molecule has 0 spiro atoms. The molecule has 2 amide bonds. The van der Waals surface area contributed by atoms with E-state index in [1.165, 1.54) is 6.42 Å². The molecule has 3 fully saturated rings. The predicted molar refractivity (Wildman–Crippen MR) is 102 cm³/mol. The number of para-hydroxylation sites is 1. The molecule has 6 heteroatoms. The minimum Gasteiger partial charge on any atom is -0.493 e. The van der Waals surface area contributed by atoms with Gasteiger partial charge < -0.3 is 20.3 Å². The Morgan fingerprint density at radius 1 is 1.07 bits per heavy atom. The SMILES string of the molecule is CCOc1ccccc1C(=O)N1CCN(C(=O)C2C3CCC(C3)C2N)CC1. The molecule has 1 aromatic carbocycles. The Kier molecular flexibility index (Phi) is 5.08. The average Bonchev–Trinajstić information content (AvgIpc) is 3.29. The van der Waals surface area contributed by atoms with E-state index in [4.69, 9.17) is 10.5 Å². The van der Waals surface area contributed by atoms with Crippen molar-refractivity contribution in [1.82, 2.24) is 9.80 Å². The molecule has 2 bridgehead atoms. The Bertz CT molecular complexity index is 712. The van der Waals surface area contributed by atoms with E-state index in [0.29, 0.717) is 55.9 Å². The van der Waals surface area contributed by atoms with Crippen LogP contribution in [0.4, 0.5) is 0 Å². The molecule has 2 aliphatic carbocycles. The number of hydrogen-bond donors (Lipinski definition) is 1. The first-order chi connectivity index (χ1) is 13.1. The number of fused-ring (bicyclic) bond motifs is 2. The van der Waals surface area contributed by atoms with Crippen molar-refractivity contribution in [3.8, 4) is 5.75 Å². The van der Waals surface area contributed by atoms with Crippen molar-refractivity contribution in [3.63, 3.8) is 0 Å². The molecule has 6 nitrogen and oxygen atoms in total. The highest BCUT2D eigenvalue weighted by Gasteiger charge is 2.50. The summed E-state index contributed by atoms with van der Waals surface area (Å²) in [6.07, 6.45) is 3.43. The highest BCUT2D eigenvalue weighted by molar-refractivity contribution is 5.97. The molecule has 3 aliphatic rings. The second kappa shape index (κ2) is 7.50. The van der Waals surface area contributed by atoms with Crippen LogP contribution in [-0.4, -0.2) is 60.4 Å². The molecule has 2 saturated carbocycles. The molecule has 0 radical (unpaired) electrons. The topological polar surface area (TPSA) is 75.9 Å². The lowest BCUT2D eigenvalue weighted by molar-refractivity contribution is -0.139. The highest BCUT2D eigenvalue weighted by atomic mass is 16.5. The van der Waals surface area contributed by atoms with Crippen LogP contribution in [0.15, 0.2) is 24.3 Å². The van der Waals surface area contributed by atoms with Crippen LogP contribution in [0.3, 0.4) is 0 Å². The quantitative estimate of drug-likeness (QED) is 0.875. The second-order valence-electron chi connectivity index (χ2n) is 7.98. The molecular formula is C21H29N3O3. The number of rotatable bonds is 4. The van der Waals surface area contributed by atoms with Gasteiger partial charge >= 0.3 is 0 Å². The summed E-state index contributed by atoms with van der Waals surface area (Å²) >= 11 is 0. The zero-order valence-electron chi connectivity index (χ0n) is 16.0. The van der Waals surface area contributed by atoms with E-state index in [-0.39, 0.29) is 23.8 Å². The molecule has 1 aliphatic heterocycles. The maximum atomic E-state index is 13.0. The first kappa shape index (κ1) is 18.3. The minimum absolute atomic E-state index is 0.00955. The largest absolute Gasteiger partial charge is 0.493 e. The van der Waals surface area contributed by atoms with Crippen LogP contribution < -0.4 is 10.5 Å². The number of nitrogens with zero attached hydrogens (tertiary/aromatic N) is 2. The molecule has 146 valence electrons. The van der Waals surface area contributed by atoms with Crippen LogP contribution in [0.25, 0.3) is 0 Å². The van der Waals surface area contributed by atoms with Gasteiger partial charge in [0.05, 0.1) is 18.1 Å². The van der Waals surface area contributed by atoms with Crippen molar-refractivity contribution in [1.29, 1.82) is 0 Å². The van der Waals surface area contributed by atoms with Gasteiger partial charge in [0.25, 0.3) is 5.91 Å². The van der Waals surface area contributed by atoms with Crippen molar-refractivity contribution >= 4 is 11.8 Å². The van der Waals surface area contributed by atoms with Crippen molar-refractivity contribution in [2.24, 2.45) is 23.5 Å². The zero-order valence-corrected chi connectivity index (χ0v) is 16.0. The summed E-state index contributed by atoms with van der Waals surface area (Å²) in [5, 5.41) is 0. The Balaban J connectivity index is 1.38. The van der Waals surface area contributed by atoms with Crippen molar-refractivity contribution in [2.75, 3.05) is 32.8 Å². The number of carbonyl (C=O) groups excluding carboxylic acids is 2. The van der Waals surface area contributed by atoms with Gasteiger partial charge in [-0.15, -0.1) is 0 Å². The fourth-order valence-corrected chi connectivity index (χ4v) is 5.14. The molecule has 1 aromatic rings. The number of carbonyl (C=O) groups is 2. The van der Waals surface area contributed by atoms with Crippen LogP contribution in [0.1, 0.15) is 36.5 Å². The van der Waals surface area contributed by atoms with Crippen LogP contribution in [0.2, 0.25) is 0 Å². The van der Waals surface area contributed by atoms with Crippen molar-refractivity contribution in [3.05, 3.63) is 29.8 Å². The van der Waals surface area contributed by atoms with Gasteiger partial charge in [0, 0.05) is 32.2 Å². The normalized spacial score (nSPS) is 29.9. The van der Waals surface area contributed by atoms with E-state index in [9.17, 15) is 9.59 Å². The Morgan fingerprint density at radius 2 is 1.74 bits per heavy atom. The summed E-state index contributed by atoms with van der Waals surface area (Å²) in [7, 11) is 0. The summed E-state index contributed by atoms with van der Waals surface area (Å²) in [5.74, 6) is 1.79. The maximum Gasteiger partial charge on any atom is 0.257 e. The van der Waals surface area contributed by atoms with Gasteiger partial charge in [0.1, 0.15) is 5.75 Å². The van der Waals surface area contributed by atoms with Crippen LogP contribution in [0.5, 0.6) is 5.75 Å². The summed E-state index contributed by atoms with van der Waals surface area (Å²) < 4.78 is 5.59. The molecule has 4 rings (SSSR count). The average molecular weight is 371 g/mol. The van der Waals surface area contributed by atoms with Gasteiger partial charge in [-0.3, -0.25) is 9.59 Å². The van der Waals surface area contributed by atoms with Crippen LogP contribution in [-0.2, 0) is 4.79 Å². The van der Waals surface area contributed by atoms with Gasteiger partial charge in [-0.2, -0.15) is 0 Å². The van der Waals surface area contributed by atoms with Gasteiger partial charge in [0.15, 0.2) is 0 Å². The van der Waals surface area contributed by atoms with E-state index < -0.39 is 0 Å². The number of hydrogen-bond acceptors (Lipinski definition) is 4. The Hall–Kier alpha value is -2.08. The van der Waals surface area contributed by atoms with E-state index in [0.717, 1.165) is 12.8 Å². The first-order valence-electron chi connectivity index (χ1n) is 10.2. The first-order valence-corrected chi connectivity index (χ1v) is 10.2. The van der Waals surface area contributed by atoms with Gasteiger partial charge in [0.2, 0.25) is 5.91 Å². The summed E-state index contributed by atoms with van der Waals surface area (Å²) in [4.78, 5) is 29.7. The number of nitrogens with two attached hydrogens (primary N) is 1. The maximum absolute atomic E-state index is 13.0. The smallest absolute Gasteiger partial charge is 0.257 e. The minimum atomic E-state index is -0.0252. The number of benzene rings is 1. The lowest BCUT2D eigenvalue weighted by Crippen LogP contribution is -2.54. The molecule has 1 heterocycles. The van der Waals surface area contributed by atoms with Crippen LogP contribution in [0, 0.1) is 17.8 Å². The summed E-state index contributed by atoms with van der Waals surface area (Å²) in [5.41, 5.74) is 6.93. The zero-order chi connectivity index (χ0) is 19.0. The summed E-state index contributed by atoms with van der Waals surface area (Å²) in [6, 6.07) is 7.38. The monoisotopic (exact) mass is 371 g/mol. The van der Waals surface area contributed by atoms with Crippen molar-refractivity contribution < 1.29 is 14.3 Å². The van der Waals surface area contributed by atoms with Crippen LogP contribution >= 0.6 is 0 Å². The number of amides is 2. The third-order valence-electron chi connectivity index (χ3n) is 6.56. The molecule has 2 N–H and O–H groups in total. The fourth-order valence-electron chi connectivity index (χ4n) is 5.14. The standard InChI is InChI=1S/C21H29N3O3/c1-2-27-17-6-4-3-5-16(17)20(25)23-9-11-24(12-10-23)21(26)18-14-7-8-15(13-14)19(18)22/h3-6,14-15,18-19H,2,7-13,22H2,1H3. The lowest BCUT2D eigenvalue weighted by Gasteiger charge is -2.38. The third-order valence-corrected chi connectivity index (χ3v) is 6.56. The third kappa shape index (κ3) is 3.31. The van der Waals surface area contributed by atoms with Crippen molar-refractivity contribution in [2.45, 2.75) is 32.2 Å². The molecule has 27 heavy (non-hydrogen) atoms. The molecule has 0 aromatic heterocycles. The van der Waals surface area contributed by atoms with E-state index in [1.54, 1.807) is 6.07 Å². The molecule has 4 atom stereocenters. The number of ether oxygens (including phenoxy) is 1. The number of piperazine rings is 1. The molecule has 4 unspecified atom stereocenters.